The van der Waals surface area contributed by atoms with Crippen LogP contribution in [-0.4, -0.2) is 31.4 Å². The van der Waals surface area contributed by atoms with Crippen LogP contribution in [0.25, 0.3) is 5.69 Å². The zero-order chi connectivity index (χ0) is 20.9. The normalized spacial score (nSPS) is 10.7. The number of rotatable bonds is 7. The maximum absolute atomic E-state index is 12.7. The summed E-state index contributed by atoms with van der Waals surface area (Å²) in [6.07, 6.45) is 0. The molecule has 0 unspecified atom stereocenters. The Balaban J connectivity index is 1.61. The molecule has 0 spiro atoms. The lowest BCUT2D eigenvalue weighted by Crippen LogP contribution is -2.06. The molecular formula is C23H20N4O2S. The van der Waals surface area contributed by atoms with Gasteiger partial charge in [-0.2, -0.15) is 0 Å². The average Bonchev–Trinajstić information content (AvgIpc) is 3.17. The molecule has 0 bridgehead atoms. The molecule has 0 aliphatic heterocycles. The highest BCUT2D eigenvalue weighted by atomic mass is 32.2. The molecule has 3 aromatic carbocycles. The van der Waals surface area contributed by atoms with Crippen LogP contribution in [0.4, 0.5) is 11.6 Å². The molecule has 0 saturated carbocycles. The Hall–Kier alpha value is -3.58. The largest absolute Gasteiger partial charge is 0.507 e. The van der Waals surface area contributed by atoms with Crippen molar-refractivity contribution < 1.29 is 9.90 Å². The third kappa shape index (κ3) is 4.36. The maximum Gasteiger partial charge on any atom is 0.234 e. The van der Waals surface area contributed by atoms with Crippen molar-refractivity contribution in [1.82, 2.24) is 14.8 Å². The van der Waals surface area contributed by atoms with Gasteiger partial charge >= 0.3 is 0 Å². The summed E-state index contributed by atoms with van der Waals surface area (Å²) in [5, 5.41) is 22.5. The van der Waals surface area contributed by atoms with Crippen LogP contribution in [0, 0.1) is 6.92 Å². The number of hydrogen-bond acceptors (Lipinski definition) is 6. The van der Waals surface area contributed by atoms with Gasteiger partial charge in [-0.3, -0.25) is 9.36 Å². The fourth-order valence-corrected chi connectivity index (χ4v) is 3.82. The van der Waals surface area contributed by atoms with Crippen LogP contribution in [-0.2, 0) is 0 Å². The maximum atomic E-state index is 12.7. The second-order valence-corrected chi connectivity index (χ2v) is 7.64. The van der Waals surface area contributed by atoms with Gasteiger partial charge in [0.25, 0.3) is 0 Å². The van der Waals surface area contributed by atoms with Crippen LogP contribution in [0.3, 0.4) is 0 Å². The van der Waals surface area contributed by atoms with Gasteiger partial charge in [0.05, 0.1) is 17.0 Å². The van der Waals surface area contributed by atoms with E-state index in [1.54, 1.807) is 18.2 Å². The summed E-state index contributed by atoms with van der Waals surface area (Å²) in [4.78, 5) is 12.7. The number of benzene rings is 3. The Labute approximate surface area is 178 Å². The van der Waals surface area contributed by atoms with E-state index in [-0.39, 0.29) is 17.3 Å². The number of aromatic nitrogens is 3. The highest BCUT2D eigenvalue weighted by molar-refractivity contribution is 7.99. The number of para-hydroxylation sites is 2. The van der Waals surface area contributed by atoms with Crippen molar-refractivity contribution >= 4 is 29.2 Å². The second-order valence-electron chi connectivity index (χ2n) is 6.70. The van der Waals surface area contributed by atoms with E-state index in [0.717, 1.165) is 16.9 Å². The number of phenolic OH excluding ortho intramolecular Hbond substituents is 1. The van der Waals surface area contributed by atoms with Gasteiger partial charge in [0, 0.05) is 5.69 Å². The molecule has 0 amide bonds. The molecule has 1 heterocycles. The number of Topliss-reactive ketones (excluding diaryl/α,β-unsaturated/α-hetero) is 1. The zero-order valence-electron chi connectivity index (χ0n) is 16.3. The van der Waals surface area contributed by atoms with Gasteiger partial charge in [-0.15, -0.1) is 10.2 Å². The lowest BCUT2D eigenvalue weighted by molar-refractivity contribution is 0.102. The predicted molar refractivity (Wildman–Crippen MR) is 119 cm³/mol. The van der Waals surface area contributed by atoms with Gasteiger partial charge < -0.3 is 10.4 Å². The first-order valence-electron chi connectivity index (χ1n) is 9.40. The molecular weight excluding hydrogens is 396 g/mol. The number of hydrogen-bond donors (Lipinski definition) is 2. The van der Waals surface area contributed by atoms with E-state index in [1.165, 1.54) is 11.8 Å². The minimum atomic E-state index is -0.165. The monoisotopic (exact) mass is 416 g/mol. The summed E-state index contributed by atoms with van der Waals surface area (Å²) >= 11 is 1.28. The SMILES string of the molecule is Cc1ccc(O)c(C(=O)CSc2nnc(Nc3ccccc3)n2-c2ccccc2)c1. The van der Waals surface area contributed by atoms with Gasteiger partial charge in [0.15, 0.2) is 10.9 Å². The van der Waals surface area contributed by atoms with Gasteiger partial charge in [0.2, 0.25) is 5.95 Å². The highest BCUT2D eigenvalue weighted by Gasteiger charge is 2.18. The summed E-state index contributed by atoms with van der Waals surface area (Å²) in [6.45, 7) is 1.89. The Morgan fingerprint density at radius 2 is 1.70 bits per heavy atom. The fourth-order valence-electron chi connectivity index (χ4n) is 2.99. The number of carbonyl (C=O) groups is 1. The number of anilines is 2. The van der Waals surface area contributed by atoms with E-state index in [2.05, 4.69) is 15.5 Å². The molecule has 7 heteroatoms. The summed E-state index contributed by atoms with van der Waals surface area (Å²) in [7, 11) is 0. The number of phenols is 1. The van der Waals surface area contributed by atoms with Crippen LogP contribution < -0.4 is 5.32 Å². The van der Waals surface area contributed by atoms with Gasteiger partial charge in [-0.05, 0) is 43.3 Å². The second kappa shape index (κ2) is 8.84. The number of nitrogens with zero attached hydrogens (tertiary/aromatic N) is 3. The first-order valence-corrected chi connectivity index (χ1v) is 10.4. The topological polar surface area (TPSA) is 80.0 Å². The first kappa shape index (κ1) is 19.7. The summed E-state index contributed by atoms with van der Waals surface area (Å²) < 4.78 is 1.88. The third-order valence-electron chi connectivity index (χ3n) is 4.46. The van der Waals surface area contributed by atoms with Crippen LogP contribution in [0.2, 0.25) is 0 Å². The standard InChI is InChI=1S/C23H20N4O2S/c1-16-12-13-20(28)19(14-16)21(29)15-30-23-26-25-22(24-17-8-4-2-5-9-17)27(23)18-10-6-3-7-11-18/h2-14,28H,15H2,1H3,(H,24,25). The smallest absolute Gasteiger partial charge is 0.234 e. The van der Waals surface area contributed by atoms with E-state index in [4.69, 9.17) is 0 Å². The van der Waals surface area contributed by atoms with Gasteiger partial charge in [0.1, 0.15) is 5.75 Å². The Morgan fingerprint density at radius 1 is 1.00 bits per heavy atom. The number of ketones is 1. The van der Waals surface area contributed by atoms with Crippen LogP contribution >= 0.6 is 11.8 Å². The Morgan fingerprint density at radius 3 is 2.43 bits per heavy atom. The number of aromatic hydroxyl groups is 1. The quantitative estimate of drug-likeness (QED) is 0.326. The molecule has 6 nitrogen and oxygen atoms in total. The first-order chi connectivity index (χ1) is 14.6. The highest BCUT2D eigenvalue weighted by Crippen LogP contribution is 2.28. The van der Waals surface area contributed by atoms with Gasteiger partial charge in [-0.1, -0.05) is 59.8 Å². The number of aryl methyl sites for hydroxylation is 1. The van der Waals surface area contributed by atoms with Crippen LogP contribution in [0.15, 0.2) is 84.0 Å². The minimum absolute atomic E-state index is 0.0119. The van der Waals surface area contributed by atoms with Crippen LogP contribution in [0.1, 0.15) is 15.9 Å². The molecule has 0 fully saturated rings. The molecule has 0 radical (unpaired) electrons. The fraction of sp³-hybridized carbons (Fsp3) is 0.0870. The molecule has 0 saturated heterocycles. The summed E-state index contributed by atoms with van der Waals surface area (Å²) in [5.74, 6) is 0.511. The Bertz CT molecular complexity index is 1160. The van der Waals surface area contributed by atoms with Crippen molar-refractivity contribution in [1.29, 1.82) is 0 Å². The molecule has 4 rings (SSSR count). The van der Waals surface area contributed by atoms with Crippen LogP contribution in [0.5, 0.6) is 5.75 Å². The molecule has 30 heavy (non-hydrogen) atoms. The van der Waals surface area contributed by atoms with Crippen molar-refractivity contribution in [3.8, 4) is 11.4 Å². The van der Waals surface area contributed by atoms with E-state index in [9.17, 15) is 9.90 Å². The molecule has 0 aliphatic rings. The van der Waals surface area contributed by atoms with Gasteiger partial charge in [-0.25, -0.2) is 0 Å². The molecule has 4 aromatic rings. The predicted octanol–water partition coefficient (Wildman–Crippen LogP) is 5.00. The number of thioether (sulfide) groups is 1. The summed E-state index contributed by atoms with van der Waals surface area (Å²) in [5.41, 5.74) is 3.01. The summed E-state index contributed by atoms with van der Waals surface area (Å²) in [6, 6.07) is 24.4. The van der Waals surface area contributed by atoms with Crippen molar-refractivity contribution in [2.45, 2.75) is 12.1 Å². The van der Waals surface area contributed by atoms with E-state index < -0.39 is 0 Å². The van der Waals surface area contributed by atoms with E-state index in [1.807, 2.05) is 72.2 Å². The molecule has 0 atom stereocenters. The lowest BCUT2D eigenvalue weighted by Gasteiger charge is -2.11. The van der Waals surface area contributed by atoms with Crippen molar-refractivity contribution in [3.63, 3.8) is 0 Å². The third-order valence-corrected chi connectivity index (χ3v) is 5.39. The number of carbonyl (C=O) groups excluding carboxylic acids is 1. The molecule has 0 aliphatic carbocycles. The van der Waals surface area contributed by atoms with Crippen molar-refractivity contribution in [3.05, 3.63) is 90.0 Å². The minimum Gasteiger partial charge on any atom is -0.507 e. The molecule has 150 valence electrons. The van der Waals surface area contributed by atoms with E-state index in [0.29, 0.717) is 16.7 Å². The number of nitrogens with one attached hydrogen (secondary N) is 1. The molecule has 1 aromatic heterocycles. The van der Waals surface area contributed by atoms with Crippen molar-refractivity contribution in [2.24, 2.45) is 0 Å². The Kier molecular flexibility index (Phi) is 5.81. The zero-order valence-corrected chi connectivity index (χ0v) is 17.1. The van der Waals surface area contributed by atoms with E-state index >= 15 is 0 Å². The molecule has 2 N–H and O–H groups in total. The van der Waals surface area contributed by atoms with Crippen molar-refractivity contribution in [2.75, 3.05) is 11.1 Å². The lowest BCUT2D eigenvalue weighted by atomic mass is 10.1. The average molecular weight is 417 g/mol.